The van der Waals surface area contributed by atoms with Crippen LogP contribution in [0.25, 0.3) is 10.9 Å². The van der Waals surface area contributed by atoms with E-state index in [2.05, 4.69) is 34.1 Å². The highest BCUT2D eigenvalue weighted by Crippen LogP contribution is 2.49. The molecule has 1 aromatic carbocycles. The lowest BCUT2D eigenvalue weighted by Gasteiger charge is -2.50. The minimum absolute atomic E-state index is 0.306. The van der Waals surface area contributed by atoms with E-state index < -0.39 is 0 Å². The third-order valence-electron chi connectivity index (χ3n) is 6.97. The maximum atomic E-state index is 12.2. The molecule has 0 radical (unpaired) electrons. The second-order valence-corrected chi connectivity index (χ2v) is 8.13. The standard InChI is InChI=1S/C21H26N2O/c1-13(24)15-7-4-5-14-12-23-10-9-17-16-6-2-3-8-19(16)22-21(17)20(23)11-18(14)15/h2-3,6,8,14-15,18,20,22H,4-5,7,9-12H2,1H3/t14-,15?,18+,20?/m1/s1. The highest BCUT2D eigenvalue weighted by atomic mass is 16.1. The van der Waals surface area contributed by atoms with E-state index in [1.807, 2.05) is 6.92 Å². The molecule has 1 N–H and O–H groups in total. The van der Waals surface area contributed by atoms with Crippen molar-refractivity contribution >= 4 is 16.7 Å². The van der Waals surface area contributed by atoms with Gasteiger partial charge in [-0.15, -0.1) is 0 Å². The van der Waals surface area contributed by atoms with Crippen LogP contribution >= 0.6 is 0 Å². The molecule has 1 saturated heterocycles. The number of carbonyl (C=O) groups excluding carboxylic acids is 1. The summed E-state index contributed by atoms with van der Waals surface area (Å²) in [6, 6.07) is 9.20. The number of carbonyl (C=O) groups is 1. The number of H-pyrrole nitrogens is 1. The minimum Gasteiger partial charge on any atom is -0.357 e. The van der Waals surface area contributed by atoms with Crippen molar-refractivity contribution in [3.05, 3.63) is 35.5 Å². The molecule has 2 aliphatic heterocycles. The molecule has 126 valence electrons. The topological polar surface area (TPSA) is 36.1 Å². The number of rotatable bonds is 1. The van der Waals surface area contributed by atoms with Crippen LogP contribution in [0.5, 0.6) is 0 Å². The zero-order chi connectivity index (χ0) is 16.3. The zero-order valence-electron chi connectivity index (χ0n) is 14.4. The summed E-state index contributed by atoms with van der Waals surface area (Å²) in [5.41, 5.74) is 4.24. The van der Waals surface area contributed by atoms with Gasteiger partial charge in [-0.25, -0.2) is 0 Å². The summed E-state index contributed by atoms with van der Waals surface area (Å²) in [6.07, 6.45) is 5.99. The first-order chi connectivity index (χ1) is 11.7. The Morgan fingerprint density at radius 1 is 1.25 bits per heavy atom. The van der Waals surface area contributed by atoms with E-state index in [0.29, 0.717) is 23.7 Å². The van der Waals surface area contributed by atoms with Crippen LogP contribution in [0.15, 0.2) is 24.3 Å². The number of ketones is 1. The van der Waals surface area contributed by atoms with Crippen molar-refractivity contribution in [3.63, 3.8) is 0 Å². The molecule has 24 heavy (non-hydrogen) atoms. The van der Waals surface area contributed by atoms with Gasteiger partial charge >= 0.3 is 0 Å². The number of nitrogens with zero attached hydrogens (tertiary/aromatic N) is 1. The third-order valence-corrected chi connectivity index (χ3v) is 6.97. The van der Waals surface area contributed by atoms with E-state index in [1.54, 1.807) is 0 Å². The Kier molecular flexibility index (Phi) is 3.34. The SMILES string of the molecule is CC(=O)C1CCC[C@@H]2CN3CCc4c([nH]c5ccccc45)C3C[C@H]12. The predicted octanol–water partition coefficient (Wildman–Crippen LogP) is 4.09. The molecule has 3 aliphatic rings. The van der Waals surface area contributed by atoms with Crippen molar-refractivity contribution in [1.29, 1.82) is 0 Å². The number of benzene rings is 1. The Hall–Kier alpha value is -1.61. The number of para-hydroxylation sites is 1. The fourth-order valence-corrected chi connectivity index (χ4v) is 5.86. The molecule has 5 rings (SSSR count). The molecule has 1 aromatic heterocycles. The van der Waals surface area contributed by atoms with Gasteiger partial charge in [0.1, 0.15) is 5.78 Å². The second kappa shape index (κ2) is 5.45. The molecule has 3 heteroatoms. The first-order valence-electron chi connectivity index (χ1n) is 9.56. The average Bonchev–Trinajstić information content (AvgIpc) is 2.98. The molecule has 1 saturated carbocycles. The average molecular weight is 322 g/mol. The highest BCUT2D eigenvalue weighted by Gasteiger charge is 2.45. The van der Waals surface area contributed by atoms with Crippen LogP contribution in [0.1, 0.15) is 49.9 Å². The van der Waals surface area contributed by atoms with Crippen LogP contribution in [0, 0.1) is 17.8 Å². The molecule has 0 bridgehead atoms. The van der Waals surface area contributed by atoms with E-state index in [0.717, 1.165) is 25.2 Å². The number of hydrogen-bond acceptors (Lipinski definition) is 2. The van der Waals surface area contributed by atoms with E-state index >= 15 is 0 Å². The molecule has 0 amide bonds. The lowest BCUT2D eigenvalue weighted by Crippen LogP contribution is -2.49. The molecule has 0 spiro atoms. The predicted molar refractivity (Wildman–Crippen MR) is 95.9 cm³/mol. The number of Topliss-reactive ketones (excluding diaryl/α,β-unsaturated/α-hetero) is 1. The monoisotopic (exact) mass is 322 g/mol. The Morgan fingerprint density at radius 3 is 3.00 bits per heavy atom. The lowest BCUT2D eigenvalue weighted by atomic mass is 9.65. The Morgan fingerprint density at radius 2 is 2.12 bits per heavy atom. The summed E-state index contributed by atoms with van der Waals surface area (Å²) in [7, 11) is 0. The van der Waals surface area contributed by atoms with Gasteiger partial charge in [0.2, 0.25) is 0 Å². The van der Waals surface area contributed by atoms with Crippen LogP contribution in [-0.2, 0) is 11.2 Å². The quantitative estimate of drug-likeness (QED) is 0.858. The van der Waals surface area contributed by atoms with E-state index in [1.165, 1.54) is 48.1 Å². The molecule has 3 heterocycles. The molecular weight excluding hydrogens is 296 g/mol. The van der Waals surface area contributed by atoms with E-state index in [4.69, 9.17) is 0 Å². The number of aromatic amines is 1. The van der Waals surface area contributed by atoms with Gasteiger partial charge < -0.3 is 4.98 Å². The summed E-state index contributed by atoms with van der Waals surface area (Å²) in [5, 5.41) is 1.40. The first-order valence-corrected chi connectivity index (χ1v) is 9.56. The zero-order valence-corrected chi connectivity index (χ0v) is 14.4. The summed E-state index contributed by atoms with van der Waals surface area (Å²) in [5.74, 6) is 2.05. The Labute approximate surface area is 143 Å². The van der Waals surface area contributed by atoms with Crippen molar-refractivity contribution in [2.75, 3.05) is 13.1 Å². The van der Waals surface area contributed by atoms with Gasteiger partial charge in [-0.05, 0) is 56.1 Å². The van der Waals surface area contributed by atoms with Gasteiger partial charge in [0.05, 0.1) is 6.04 Å². The van der Waals surface area contributed by atoms with Crippen molar-refractivity contribution in [2.24, 2.45) is 17.8 Å². The van der Waals surface area contributed by atoms with Crippen molar-refractivity contribution in [3.8, 4) is 0 Å². The number of aromatic nitrogens is 1. The maximum absolute atomic E-state index is 12.2. The van der Waals surface area contributed by atoms with Crippen molar-refractivity contribution in [2.45, 2.75) is 45.1 Å². The minimum atomic E-state index is 0.306. The Bertz CT molecular complexity index is 792. The van der Waals surface area contributed by atoms with Gasteiger partial charge in [0.25, 0.3) is 0 Å². The van der Waals surface area contributed by atoms with Crippen molar-refractivity contribution in [1.82, 2.24) is 9.88 Å². The fraction of sp³-hybridized carbons (Fsp3) is 0.571. The summed E-state index contributed by atoms with van der Waals surface area (Å²) < 4.78 is 0. The molecule has 2 fully saturated rings. The molecular formula is C21H26N2O. The third kappa shape index (κ3) is 2.10. The first kappa shape index (κ1) is 14.7. The molecule has 2 aromatic rings. The van der Waals surface area contributed by atoms with Crippen LogP contribution in [0.4, 0.5) is 0 Å². The molecule has 4 atom stereocenters. The lowest BCUT2D eigenvalue weighted by molar-refractivity contribution is -0.126. The van der Waals surface area contributed by atoms with Crippen LogP contribution in [0.2, 0.25) is 0 Å². The van der Waals surface area contributed by atoms with Crippen LogP contribution in [-0.4, -0.2) is 28.8 Å². The number of piperidine rings is 1. The molecule has 2 unspecified atom stereocenters. The van der Waals surface area contributed by atoms with Crippen LogP contribution < -0.4 is 0 Å². The maximum Gasteiger partial charge on any atom is 0.133 e. The normalized spacial score (nSPS) is 32.9. The number of hydrogen-bond donors (Lipinski definition) is 1. The summed E-state index contributed by atoms with van der Waals surface area (Å²) in [4.78, 5) is 18.6. The molecule has 3 nitrogen and oxygen atoms in total. The number of fused-ring (bicyclic) bond motifs is 6. The van der Waals surface area contributed by atoms with Gasteiger partial charge in [-0.1, -0.05) is 24.6 Å². The van der Waals surface area contributed by atoms with Crippen molar-refractivity contribution < 1.29 is 4.79 Å². The largest absolute Gasteiger partial charge is 0.357 e. The second-order valence-electron chi connectivity index (χ2n) is 8.13. The fourth-order valence-electron chi connectivity index (χ4n) is 5.86. The summed E-state index contributed by atoms with van der Waals surface area (Å²) >= 11 is 0. The van der Waals surface area contributed by atoms with Gasteiger partial charge in [-0.2, -0.15) is 0 Å². The summed E-state index contributed by atoms with van der Waals surface area (Å²) in [6.45, 7) is 4.18. The number of nitrogens with one attached hydrogen (secondary N) is 1. The Balaban J connectivity index is 1.54. The van der Waals surface area contributed by atoms with E-state index in [-0.39, 0.29) is 0 Å². The molecule has 1 aliphatic carbocycles. The van der Waals surface area contributed by atoms with Gasteiger partial charge in [0.15, 0.2) is 0 Å². The van der Waals surface area contributed by atoms with Gasteiger partial charge in [0, 0.05) is 35.6 Å². The van der Waals surface area contributed by atoms with Gasteiger partial charge in [-0.3, -0.25) is 9.69 Å². The smallest absolute Gasteiger partial charge is 0.133 e. The van der Waals surface area contributed by atoms with E-state index in [9.17, 15) is 4.79 Å². The van der Waals surface area contributed by atoms with Crippen LogP contribution in [0.3, 0.4) is 0 Å². The highest BCUT2D eigenvalue weighted by molar-refractivity contribution is 5.85.